The predicted octanol–water partition coefficient (Wildman–Crippen LogP) is 4.45. The van der Waals surface area contributed by atoms with Gasteiger partial charge in [0.2, 0.25) is 0 Å². The Hall–Kier alpha value is -2.11. The predicted molar refractivity (Wildman–Crippen MR) is 100.0 cm³/mol. The molecule has 0 atom stereocenters. The molecular formula is C19H18ClN3OS. The number of hydrogen-bond donors (Lipinski definition) is 0. The van der Waals surface area contributed by atoms with Crippen molar-refractivity contribution in [3.63, 3.8) is 0 Å². The van der Waals surface area contributed by atoms with Crippen LogP contribution in [0.15, 0.2) is 54.2 Å². The van der Waals surface area contributed by atoms with Crippen molar-refractivity contribution in [2.45, 2.75) is 32.0 Å². The summed E-state index contributed by atoms with van der Waals surface area (Å²) < 4.78 is 2.09. The minimum atomic E-state index is 0.106. The minimum absolute atomic E-state index is 0.106. The van der Waals surface area contributed by atoms with Gasteiger partial charge in [-0.3, -0.25) is 4.79 Å². The number of carbonyl (C=O) groups excluding carboxylic acids is 1. The SMILES string of the molecule is O=C(c1cccs1)N(Cc1nccn1Cc1cccc(Cl)c1)C1CC1. The lowest BCUT2D eigenvalue weighted by Gasteiger charge is -2.22. The Bertz CT molecular complexity index is 870. The van der Waals surface area contributed by atoms with Gasteiger partial charge in [-0.05, 0) is 42.0 Å². The first-order valence-electron chi connectivity index (χ1n) is 8.29. The average Bonchev–Trinajstić information content (AvgIpc) is 3.11. The molecule has 128 valence electrons. The molecule has 25 heavy (non-hydrogen) atoms. The van der Waals surface area contributed by atoms with Gasteiger partial charge in [-0.25, -0.2) is 4.98 Å². The van der Waals surface area contributed by atoms with E-state index in [4.69, 9.17) is 11.6 Å². The molecule has 0 aliphatic heterocycles. The molecule has 1 amide bonds. The van der Waals surface area contributed by atoms with E-state index in [0.29, 0.717) is 19.1 Å². The fraction of sp³-hybridized carbons (Fsp3) is 0.263. The van der Waals surface area contributed by atoms with Gasteiger partial charge in [-0.15, -0.1) is 11.3 Å². The van der Waals surface area contributed by atoms with Crippen LogP contribution >= 0.6 is 22.9 Å². The van der Waals surface area contributed by atoms with Crippen molar-refractivity contribution in [2.75, 3.05) is 0 Å². The highest BCUT2D eigenvalue weighted by molar-refractivity contribution is 7.12. The third kappa shape index (κ3) is 3.78. The van der Waals surface area contributed by atoms with Gasteiger partial charge in [0.15, 0.2) is 0 Å². The first kappa shape index (κ1) is 16.4. The van der Waals surface area contributed by atoms with Crippen LogP contribution in [0.5, 0.6) is 0 Å². The van der Waals surface area contributed by atoms with Gasteiger partial charge < -0.3 is 9.47 Å². The van der Waals surface area contributed by atoms with Gasteiger partial charge in [0, 0.05) is 30.0 Å². The van der Waals surface area contributed by atoms with Crippen molar-refractivity contribution >= 4 is 28.8 Å². The minimum Gasteiger partial charge on any atom is -0.329 e. The van der Waals surface area contributed by atoms with E-state index in [0.717, 1.165) is 34.1 Å². The number of nitrogens with zero attached hydrogens (tertiary/aromatic N) is 3. The number of imidazole rings is 1. The zero-order chi connectivity index (χ0) is 17.2. The van der Waals surface area contributed by atoms with Gasteiger partial charge in [-0.1, -0.05) is 29.8 Å². The van der Waals surface area contributed by atoms with E-state index in [1.165, 1.54) is 11.3 Å². The molecule has 2 heterocycles. The Balaban J connectivity index is 1.54. The molecule has 4 rings (SSSR count). The standard InChI is InChI=1S/C19H18ClN3OS/c20-15-4-1-3-14(11-15)12-22-9-8-21-18(22)13-23(16-6-7-16)19(24)17-5-2-10-25-17/h1-5,8-11,16H,6-7,12-13H2. The van der Waals surface area contributed by atoms with E-state index >= 15 is 0 Å². The molecular weight excluding hydrogens is 354 g/mol. The normalized spacial score (nSPS) is 13.8. The summed E-state index contributed by atoms with van der Waals surface area (Å²) in [5.41, 5.74) is 1.12. The first-order chi connectivity index (χ1) is 12.2. The molecule has 1 aromatic carbocycles. The zero-order valence-corrected chi connectivity index (χ0v) is 15.2. The molecule has 6 heteroatoms. The fourth-order valence-corrected chi connectivity index (χ4v) is 3.81. The number of carbonyl (C=O) groups is 1. The Kier molecular flexibility index (Phi) is 4.59. The molecule has 0 radical (unpaired) electrons. The Labute approximate surface area is 155 Å². The maximum atomic E-state index is 12.8. The number of rotatable bonds is 6. The number of halogens is 1. The highest BCUT2D eigenvalue weighted by Gasteiger charge is 2.34. The quantitative estimate of drug-likeness (QED) is 0.642. The zero-order valence-electron chi connectivity index (χ0n) is 13.6. The van der Waals surface area contributed by atoms with Gasteiger partial charge in [0.05, 0.1) is 11.4 Å². The topological polar surface area (TPSA) is 38.1 Å². The maximum Gasteiger partial charge on any atom is 0.264 e. The largest absolute Gasteiger partial charge is 0.329 e. The number of benzene rings is 1. The maximum absolute atomic E-state index is 12.8. The summed E-state index contributed by atoms with van der Waals surface area (Å²) in [6.07, 6.45) is 5.90. The van der Waals surface area contributed by atoms with E-state index in [2.05, 4.69) is 9.55 Å². The van der Waals surface area contributed by atoms with Crippen molar-refractivity contribution < 1.29 is 4.79 Å². The van der Waals surface area contributed by atoms with Crippen molar-refractivity contribution in [1.82, 2.24) is 14.5 Å². The molecule has 0 saturated heterocycles. The summed E-state index contributed by atoms with van der Waals surface area (Å²) in [4.78, 5) is 20.1. The highest BCUT2D eigenvalue weighted by Crippen LogP contribution is 2.30. The van der Waals surface area contributed by atoms with Gasteiger partial charge in [0.25, 0.3) is 5.91 Å². The second-order valence-electron chi connectivity index (χ2n) is 6.24. The van der Waals surface area contributed by atoms with Gasteiger partial charge in [0.1, 0.15) is 5.82 Å². The summed E-state index contributed by atoms with van der Waals surface area (Å²) in [6.45, 7) is 1.23. The van der Waals surface area contributed by atoms with Crippen LogP contribution in [0.3, 0.4) is 0 Å². The molecule has 0 bridgehead atoms. The monoisotopic (exact) mass is 371 g/mol. The van der Waals surface area contributed by atoms with Crippen molar-refractivity contribution in [3.05, 3.63) is 75.5 Å². The van der Waals surface area contributed by atoms with E-state index in [1.54, 1.807) is 6.20 Å². The molecule has 1 aliphatic rings. The van der Waals surface area contributed by atoms with Crippen molar-refractivity contribution in [3.8, 4) is 0 Å². The van der Waals surface area contributed by atoms with E-state index in [9.17, 15) is 4.79 Å². The molecule has 1 aliphatic carbocycles. The van der Waals surface area contributed by atoms with Crippen LogP contribution in [0.4, 0.5) is 0 Å². The molecule has 2 aromatic heterocycles. The van der Waals surface area contributed by atoms with Crippen LogP contribution in [-0.4, -0.2) is 26.4 Å². The van der Waals surface area contributed by atoms with Crippen LogP contribution in [-0.2, 0) is 13.1 Å². The highest BCUT2D eigenvalue weighted by atomic mass is 35.5. The van der Waals surface area contributed by atoms with Gasteiger partial charge in [-0.2, -0.15) is 0 Å². The Morgan fingerprint density at radius 1 is 1.32 bits per heavy atom. The molecule has 0 spiro atoms. The van der Waals surface area contributed by atoms with Crippen molar-refractivity contribution in [2.24, 2.45) is 0 Å². The number of aromatic nitrogens is 2. The van der Waals surface area contributed by atoms with E-state index < -0.39 is 0 Å². The number of thiophene rings is 1. The second kappa shape index (κ2) is 7.02. The van der Waals surface area contributed by atoms with Crippen LogP contribution in [0.2, 0.25) is 5.02 Å². The Morgan fingerprint density at radius 2 is 2.20 bits per heavy atom. The van der Waals surface area contributed by atoms with E-state index in [1.807, 2.05) is 52.9 Å². The van der Waals surface area contributed by atoms with Crippen LogP contribution in [0.25, 0.3) is 0 Å². The number of amides is 1. The summed E-state index contributed by atoms with van der Waals surface area (Å²) in [5, 5.41) is 2.67. The lowest BCUT2D eigenvalue weighted by atomic mass is 10.2. The first-order valence-corrected chi connectivity index (χ1v) is 9.55. The smallest absolute Gasteiger partial charge is 0.264 e. The third-order valence-electron chi connectivity index (χ3n) is 4.34. The lowest BCUT2D eigenvalue weighted by molar-refractivity contribution is 0.0728. The third-order valence-corrected chi connectivity index (χ3v) is 5.43. The fourth-order valence-electron chi connectivity index (χ4n) is 2.91. The second-order valence-corrected chi connectivity index (χ2v) is 7.63. The molecule has 0 N–H and O–H groups in total. The molecule has 4 nitrogen and oxygen atoms in total. The molecule has 1 saturated carbocycles. The molecule has 0 unspecified atom stereocenters. The average molecular weight is 372 g/mol. The van der Waals surface area contributed by atoms with Crippen molar-refractivity contribution in [1.29, 1.82) is 0 Å². The summed E-state index contributed by atoms with van der Waals surface area (Å²) in [6, 6.07) is 12.0. The Morgan fingerprint density at radius 3 is 2.92 bits per heavy atom. The van der Waals surface area contributed by atoms with Crippen LogP contribution in [0, 0.1) is 0 Å². The molecule has 1 fully saturated rings. The van der Waals surface area contributed by atoms with E-state index in [-0.39, 0.29) is 5.91 Å². The number of hydrogen-bond acceptors (Lipinski definition) is 3. The lowest BCUT2D eigenvalue weighted by Crippen LogP contribution is -2.33. The van der Waals surface area contributed by atoms with Crippen LogP contribution in [0.1, 0.15) is 33.9 Å². The summed E-state index contributed by atoms with van der Waals surface area (Å²) in [5.74, 6) is 1.01. The summed E-state index contributed by atoms with van der Waals surface area (Å²) in [7, 11) is 0. The molecule has 3 aromatic rings. The van der Waals surface area contributed by atoms with Crippen LogP contribution < -0.4 is 0 Å². The van der Waals surface area contributed by atoms with Gasteiger partial charge >= 0.3 is 0 Å². The summed E-state index contributed by atoms with van der Waals surface area (Å²) >= 11 is 7.57.